The molecule has 126 valence electrons. The predicted molar refractivity (Wildman–Crippen MR) is 92.5 cm³/mol. The number of halogens is 1. The van der Waals surface area contributed by atoms with Crippen molar-refractivity contribution < 1.29 is 19.1 Å². The number of benzene rings is 2. The maximum Gasteiger partial charge on any atom is 0.310 e. The molecule has 0 aliphatic carbocycles. The van der Waals surface area contributed by atoms with E-state index in [2.05, 4.69) is 5.16 Å². The number of methoxy groups -OCH3 is 1. The number of aryl methyl sites for hydroxylation is 1. The summed E-state index contributed by atoms with van der Waals surface area (Å²) >= 11 is 6.03. The van der Waals surface area contributed by atoms with Crippen LogP contribution in [0.15, 0.2) is 47.6 Å². The minimum absolute atomic E-state index is 0.110. The summed E-state index contributed by atoms with van der Waals surface area (Å²) in [4.78, 5) is 16.5. The third-order valence-corrected chi connectivity index (χ3v) is 3.75. The second-order valence-electron chi connectivity index (χ2n) is 5.00. The SMILES string of the molecule is CO/N=C(\Oc1ccc(Cl)c(C)c1)c1ccccc1CC(=O)OC. The molecular weight excluding hydrogens is 330 g/mol. The topological polar surface area (TPSA) is 57.1 Å². The first-order valence-electron chi connectivity index (χ1n) is 7.25. The zero-order valence-electron chi connectivity index (χ0n) is 13.7. The molecule has 2 aromatic carbocycles. The molecule has 5 nitrogen and oxygen atoms in total. The lowest BCUT2D eigenvalue weighted by Crippen LogP contribution is -2.16. The third-order valence-electron chi connectivity index (χ3n) is 3.33. The molecule has 0 aliphatic rings. The molecule has 0 amide bonds. The minimum Gasteiger partial charge on any atom is -0.469 e. The van der Waals surface area contributed by atoms with E-state index in [0.29, 0.717) is 16.3 Å². The molecule has 0 fully saturated rings. The molecule has 0 N–H and O–H groups in total. The second kappa shape index (κ2) is 8.36. The van der Waals surface area contributed by atoms with Crippen LogP contribution in [0.1, 0.15) is 16.7 Å². The molecule has 0 aromatic heterocycles. The number of carbonyl (C=O) groups excluding carboxylic acids is 1. The smallest absolute Gasteiger partial charge is 0.310 e. The number of rotatable bonds is 5. The van der Waals surface area contributed by atoms with E-state index in [1.807, 2.05) is 25.1 Å². The first-order valence-corrected chi connectivity index (χ1v) is 7.63. The predicted octanol–water partition coefficient (Wildman–Crippen LogP) is 3.75. The van der Waals surface area contributed by atoms with Gasteiger partial charge >= 0.3 is 5.97 Å². The van der Waals surface area contributed by atoms with E-state index in [0.717, 1.165) is 11.1 Å². The average Bonchev–Trinajstić information content (AvgIpc) is 2.58. The van der Waals surface area contributed by atoms with E-state index in [1.54, 1.807) is 24.3 Å². The summed E-state index contributed by atoms with van der Waals surface area (Å²) in [6.45, 7) is 1.88. The lowest BCUT2D eigenvalue weighted by Gasteiger charge is -2.12. The van der Waals surface area contributed by atoms with E-state index in [-0.39, 0.29) is 18.3 Å². The molecule has 0 heterocycles. The van der Waals surface area contributed by atoms with Gasteiger partial charge in [-0.25, -0.2) is 0 Å². The van der Waals surface area contributed by atoms with Crippen LogP contribution in [0.3, 0.4) is 0 Å². The van der Waals surface area contributed by atoms with Crippen LogP contribution in [0.25, 0.3) is 0 Å². The molecule has 0 unspecified atom stereocenters. The minimum atomic E-state index is -0.346. The molecular formula is C18H18ClNO4. The normalized spacial score (nSPS) is 11.1. The van der Waals surface area contributed by atoms with Gasteiger partial charge in [-0.3, -0.25) is 4.79 Å². The highest BCUT2D eigenvalue weighted by molar-refractivity contribution is 6.31. The molecule has 0 saturated carbocycles. The standard InChI is InChI=1S/C18H18ClNO4/c1-12-10-14(8-9-16(12)19)24-18(20-23-3)15-7-5-4-6-13(15)11-17(21)22-2/h4-10H,11H2,1-3H3/b20-18-. The molecule has 0 aliphatic heterocycles. The van der Waals surface area contributed by atoms with Crippen LogP contribution >= 0.6 is 11.6 Å². The second-order valence-corrected chi connectivity index (χ2v) is 5.41. The van der Waals surface area contributed by atoms with Crippen molar-refractivity contribution in [2.75, 3.05) is 14.2 Å². The van der Waals surface area contributed by atoms with Crippen molar-refractivity contribution in [2.45, 2.75) is 13.3 Å². The first-order chi connectivity index (χ1) is 11.5. The van der Waals surface area contributed by atoms with Gasteiger partial charge in [-0.15, -0.1) is 0 Å². The molecule has 0 atom stereocenters. The zero-order valence-corrected chi connectivity index (χ0v) is 14.5. The average molecular weight is 348 g/mol. The van der Waals surface area contributed by atoms with Crippen molar-refractivity contribution in [1.82, 2.24) is 0 Å². The monoisotopic (exact) mass is 347 g/mol. The van der Waals surface area contributed by atoms with E-state index < -0.39 is 0 Å². The fourth-order valence-corrected chi connectivity index (χ4v) is 2.23. The molecule has 2 rings (SSSR count). The van der Waals surface area contributed by atoms with Crippen LogP contribution < -0.4 is 4.74 Å². The van der Waals surface area contributed by atoms with Crippen molar-refractivity contribution in [2.24, 2.45) is 5.16 Å². The summed E-state index contributed by atoms with van der Waals surface area (Å²) in [5.74, 6) is 0.473. The Morgan fingerprint density at radius 1 is 1.17 bits per heavy atom. The van der Waals surface area contributed by atoms with E-state index >= 15 is 0 Å². The molecule has 0 saturated heterocycles. The third kappa shape index (κ3) is 4.49. The Hall–Kier alpha value is -2.53. The molecule has 0 radical (unpaired) electrons. The van der Waals surface area contributed by atoms with E-state index in [1.165, 1.54) is 14.2 Å². The summed E-state index contributed by atoms with van der Waals surface area (Å²) < 4.78 is 10.6. The van der Waals surface area contributed by atoms with Crippen LogP contribution in [0.2, 0.25) is 5.02 Å². The highest BCUT2D eigenvalue weighted by atomic mass is 35.5. The molecule has 0 spiro atoms. The first kappa shape index (κ1) is 17.8. The van der Waals surface area contributed by atoms with Crippen LogP contribution in [0, 0.1) is 6.92 Å². The van der Waals surface area contributed by atoms with Gasteiger partial charge in [-0.1, -0.05) is 29.8 Å². The lowest BCUT2D eigenvalue weighted by molar-refractivity contribution is -0.139. The Morgan fingerprint density at radius 3 is 2.58 bits per heavy atom. The van der Waals surface area contributed by atoms with Gasteiger partial charge in [0.05, 0.1) is 13.5 Å². The number of nitrogens with zero attached hydrogens (tertiary/aromatic N) is 1. The maximum atomic E-state index is 11.6. The Labute approximate surface area is 145 Å². The van der Waals surface area contributed by atoms with Crippen LogP contribution in [0.4, 0.5) is 0 Å². The number of hydrogen-bond acceptors (Lipinski definition) is 5. The Balaban J connectivity index is 2.36. The Bertz CT molecular complexity index is 758. The maximum absolute atomic E-state index is 11.6. The van der Waals surface area contributed by atoms with Gasteiger partial charge in [-0.2, -0.15) is 0 Å². The van der Waals surface area contributed by atoms with Crippen LogP contribution in [-0.2, 0) is 20.8 Å². The fourth-order valence-electron chi connectivity index (χ4n) is 2.11. The number of hydrogen-bond donors (Lipinski definition) is 0. The van der Waals surface area contributed by atoms with Crippen molar-refractivity contribution in [1.29, 1.82) is 0 Å². The van der Waals surface area contributed by atoms with E-state index in [4.69, 9.17) is 25.9 Å². The summed E-state index contributed by atoms with van der Waals surface area (Å²) in [5, 5.41) is 4.60. The Kier molecular flexibility index (Phi) is 6.21. The number of esters is 1. The molecule has 2 aromatic rings. The largest absolute Gasteiger partial charge is 0.469 e. The highest BCUT2D eigenvalue weighted by Crippen LogP contribution is 2.23. The summed E-state index contributed by atoms with van der Waals surface area (Å²) in [6.07, 6.45) is 0.110. The summed E-state index contributed by atoms with van der Waals surface area (Å²) in [5.41, 5.74) is 2.26. The van der Waals surface area contributed by atoms with Crippen LogP contribution in [0.5, 0.6) is 5.75 Å². The van der Waals surface area contributed by atoms with Crippen molar-refractivity contribution in [3.8, 4) is 5.75 Å². The molecule has 6 heteroatoms. The summed E-state index contributed by atoms with van der Waals surface area (Å²) in [7, 11) is 2.78. The van der Waals surface area contributed by atoms with Gasteiger partial charge in [0.25, 0.3) is 5.90 Å². The quantitative estimate of drug-likeness (QED) is 0.358. The zero-order chi connectivity index (χ0) is 17.5. The number of oxime groups is 1. The van der Waals surface area contributed by atoms with Crippen molar-refractivity contribution >= 4 is 23.5 Å². The summed E-state index contributed by atoms with van der Waals surface area (Å²) in [6, 6.07) is 12.6. The van der Waals surface area contributed by atoms with Gasteiger partial charge in [-0.05, 0) is 47.5 Å². The van der Waals surface area contributed by atoms with Gasteiger partial charge in [0.15, 0.2) is 0 Å². The van der Waals surface area contributed by atoms with Crippen LogP contribution in [-0.4, -0.2) is 26.1 Å². The molecule has 24 heavy (non-hydrogen) atoms. The van der Waals surface area contributed by atoms with Gasteiger partial charge in [0.2, 0.25) is 0 Å². The van der Waals surface area contributed by atoms with Gasteiger partial charge in [0, 0.05) is 10.6 Å². The molecule has 0 bridgehead atoms. The highest BCUT2D eigenvalue weighted by Gasteiger charge is 2.15. The van der Waals surface area contributed by atoms with E-state index in [9.17, 15) is 4.79 Å². The van der Waals surface area contributed by atoms with Gasteiger partial charge in [0.1, 0.15) is 12.9 Å². The van der Waals surface area contributed by atoms with Gasteiger partial charge < -0.3 is 14.3 Å². The van der Waals surface area contributed by atoms with Crippen molar-refractivity contribution in [3.63, 3.8) is 0 Å². The number of carbonyl (C=O) groups is 1. The van der Waals surface area contributed by atoms with Crippen molar-refractivity contribution in [3.05, 3.63) is 64.2 Å². The number of ether oxygens (including phenoxy) is 2. The fraction of sp³-hybridized carbons (Fsp3) is 0.222. The lowest BCUT2D eigenvalue weighted by atomic mass is 10.0. The Morgan fingerprint density at radius 2 is 1.92 bits per heavy atom.